The first-order chi connectivity index (χ1) is 8.79. The van der Waals surface area contributed by atoms with Crippen LogP contribution in [0.4, 0.5) is 0 Å². The van der Waals surface area contributed by atoms with Crippen molar-refractivity contribution in [2.75, 3.05) is 0 Å². The van der Waals surface area contributed by atoms with Crippen LogP contribution in [0.25, 0.3) is 0 Å². The maximum atomic E-state index is 11.8. The highest BCUT2D eigenvalue weighted by Crippen LogP contribution is 2.28. The second kappa shape index (κ2) is 6.20. The molecule has 1 aromatic carbocycles. The van der Waals surface area contributed by atoms with Gasteiger partial charge in [-0.25, -0.2) is 4.79 Å². The van der Waals surface area contributed by atoms with Gasteiger partial charge in [-0.15, -0.1) is 0 Å². The lowest BCUT2D eigenvalue weighted by Gasteiger charge is -2.26. The first-order valence-corrected chi connectivity index (χ1v) is 6.42. The number of nitriles is 1. The van der Waals surface area contributed by atoms with Gasteiger partial charge in [-0.3, -0.25) is 0 Å². The lowest BCUT2D eigenvalue weighted by Crippen LogP contribution is -2.24. The lowest BCUT2D eigenvalue weighted by atomic mass is 9.86. The highest BCUT2D eigenvalue weighted by atomic mass is 16.5. The summed E-state index contributed by atoms with van der Waals surface area (Å²) < 4.78 is 5.48. The van der Waals surface area contributed by atoms with E-state index in [0.717, 1.165) is 25.7 Å². The van der Waals surface area contributed by atoms with Crippen molar-refractivity contribution < 1.29 is 9.53 Å². The highest BCUT2D eigenvalue weighted by Gasteiger charge is 2.24. The van der Waals surface area contributed by atoms with Crippen LogP contribution in [0.3, 0.4) is 0 Å². The molecule has 1 aliphatic carbocycles. The zero-order chi connectivity index (χ0) is 12.8. The van der Waals surface area contributed by atoms with Crippen molar-refractivity contribution in [2.24, 2.45) is 5.92 Å². The second-order valence-corrected chi connectivity index (χ2v) is 4.78. The predicted molar refractivity (Wildman–Crippen MR) is 67.8 cm³/mol. The normalized spacial score (nSPS) is 23.1. The minimum atomic E-state index is -0.237. The number of ether oxygens (including phenoxy) is 1. The molecule has 0 unspecified atom stereocenters. The van der Waals surface area contributed by atoms with E-state index < -0.39 is 0 Å². The molecular formula is C15H17NO2. The van der Waals surface area contributed by atoms with E-state index in [2.05, 4.69) is 6.07 Å². The molecular weight excluding hydrogens is 226 g/mol. The number of rotatable bonds is 3. The molecule has 0 bridgehead atoms. The van der Waals surface area contributed by atoms with Crippen LogP contribution in [0, 0.1) is 17.2 Å². The molecule has 94 valence electrons. The summed E-state index contributed by atoms with van der Waals surface area (Å²) in [5.41, 5.74) is 0.608. The minimum Gasteiger partial charge on any atom is -0.459 e. The largest absolute Gasteiger partial charge is 0.459 e. The van der Waals surface area contributed by atoms with E-state index in [1.165, 1.54) is 0 Å². The van der Waals surface area contributed by atoms with Gasteiger partial charge in [0.15, 0.2) is 0 Å². The number of carbonyl (C=O) groups excluding carboxylic acids is 1. The summed E-state index contributed by atoms with van der Waals surface area (Å²) in [5.74, 6) is 0.251. The Morgan fingerprint density at radius 1 is 1.22 bits per heavy atom. The zero-order valence-electron chi connectivity index (χ0n) is 10.3. The van der Waals surface area contributed by atoms with Crippen molar-refractivity contribution >= 4 is 5.97 Å². The van der Waals surface area contributed by atoms with Crippen LogP contribution in [-0.2, 0) is 4.74 Å². The quantitative estimate of drug-likeness (QED) is 0.765. The standard InChI is InChI=1S/C15H17NO2/c16-11-10-12-6-8-14(9-7-12)18-15(17)13-4-2-1-3-5-13/h1-5,12,14H,6-10H2. The predicted octanol–water partition coefficient (Wildman–Crippen LogP) is 3.32. The van der Waals surface area contributed by atoms with Crippen LogP contribution in [0.1, 0.15) is 42.5 Å². The number of esters is 1. The summed E-state index contributed by atoms with van der Waals surface area (Å²) >= 11 is 0. The fraction of sp³-hybridized carbons (Fsp3) is 0.467. The van der Waals surface area contributed by atoms with E-state index in [4.69, 9.17) is 10.00 Å². The topological polar surface area (TPSA) is 50.1 Å². The maximum absolute atomic E-state index is 11.8. The van der Waals surface area contributed by atoms with Gasteiger partial charge in [0.05, 0.1) is 11.6 Å². The Morgan fingerprint density at radius 3 is 2.50 bits per heavy atom. The number of carbonyl (C=O) groups is 1. The van der Waals surface area contributed by atoms with Crippen molar-refractivity contribution in [1.29, 1.82) is 5.26 Å². The van der Waals surface area contributed by atoms with Gasteiger partial charge < -0.3 is 4.74 Å². The molecule has 18 heavy (non-hydrogen) atoms. The first kappa shape index (κ1) is 12.6. The van der Waals surface area contributed by atoms with Gasteiger partial charge >= 0.3 is 5.97 Å². The van der Waals surface area contributed by atoms with Crippen LogP contribution in [0.5, 0.6) is 0 Å². The zero-order valence-corrected chi connectivity index (χ0v) is 10.3. The molecule has 0 atom stereocenters. The third-order valence-electron chi connectivity index (χ3n) is 3.46. The molecule has 1 saturated carbocycles. The molecule has 1 aromatic rings. The first-order valence-electron chi connectivity index (χ1n) is 6.42. The van der Waals surface area contributed by atoms with Crippen LogP contribution in [0.2, 0.25) is 0 Å². The smallest absolute Gasteiger partial charge is 0.338 e. The molecule has 3 nitrogen and oxygen atoms in total. The molecule has 0 spiro atoms. The summed E-state index contributed by atoms with van der Waals surface area (Å²) in [4.78, 5) is 11.8. The van der Waals surface area contributed by atoms with E-state index in [-0.39, 0.29) is 12.1 Å². The Kier molecular flexibility index (Phi) is 4.35. The molecule has 0 N–H and O–H groups in total. The maximum Gasteiger partial charge on any atom is 0.338 e. The van der Waals surface area contributed by atoms with Gasteiger partial charge in [0.1, 0.15) is 6.10 Å². The van der Waals surface area contributed by atoms with Crippen molar-refractivity contribution in [1.82, 2.24) is 0 Å². The Labute approximate surface area is 107 Å². The van der Waals surface area contributed by atoms with Crippen LogP contribution in [-0.4, -0.2) is 12.1 Å². The molecule has 1 fully saturated rings. The number of benzene rings is 1. The Hall–Kier alpha value is -1.82. The van der Waals surface area contributed by atoms with E-state index >= 15 is 0 Å². The Balaban J connectivity index is 1.82. The number of hydrogen-bond donors (Lipinski definition) is 0. The van der Waals surface area contributed by atoms with E-state index in [1.807, 2.05) is 18.2 Å². The van der Waals surface area contributed by atoms with Gasteiger partial charge in [0.2, 0.25) is 0 Å². The van der Waals surface area contributed by atoms with E-state index in [9.17, 15) is 4.79 Å². The van der Waals surface area contributed by atoms with Gasteiger partial charge in [0, 0.05) is 6.42 Å². The fourth-order valence-electron chi connectivity index (χ4n) is 2.38. The molecule has 2 rings (SSSR count). The van der Waals surface area contributed by atoms with Gasteiger partial charge in [-0.2, -0.15) is 5.26 Å². The third-order valence-corrected chi connectivity index (χ3v) is 3.46. The molecule has 0 radical (unpaired) electrons. The summed E-state index contributed by atoms with van der Waals surface area (Å²) in [6.45, 7) is 0. The van der Waals surface area contributed by atoms with E-state index in [1.54, 1.807) is 12.1 Å². The van der Waals surface area contributed by atoms with E-state index in [0.29, 0.717) is 17.9 Å². The minimum absolute atomic E-state index is 0.0210. The van der Waals surface area contributed by atoms with Gasteiger partial charge in [-0.1, -0.05) is 18.2 Å². The van der Waals surface area contributed by atoms with Crippen LogP contribution < -0.4 is 0 Å². The summed E-state index contributed by atoms with van der Waals surface area (Å²) in [6, 6.07) is 11.3. The van der Waals surface area contributed by atoms with Crippen molar-refractivity contribution in [2.45, 2.75) is 38.2 Å². The molecule has 0 aliphatic heterocycles. The second-order valence-electron chi connectivity index (χ2n) is 4.78. The van der Waals surface area contributed by atoms with Crippen molar-refractivity contribution in [3.05, 3.63) is 35.9 Å². The highest BCUT2D eigenvalue weighted by molar-refractivity contribution is 5.89. The molecule has 3 heteroatoms. The SMILES string of the molecule is N#CCC1CCC(OC(=O)c2ccccc2)CC1. The summed E-state index contributed by atoms with van der Waals surface area (Å²) in [5, 5.41) is 8.64. The monoisotopic (exact) mass is 243 g/mol. The van der Waals surface area contributed by atoms with Crippen molar-refractivity contribution in [3.8, 4) is 6.07 Å². The fourth-order valence-corrected chi connectivity index (χ4v) is 2.38. The summed E-state index contributed by atoms with van der Waals surface area (Å²) in [7, 11) is 0. The molecule has 0 aromatic heterocycles. The Bertz CT molecular complexity index is 428. The van der Waals surface area contributed by atoms with Gasteiger partial charge in [-0.05, 0) is 43.7 Å². The van der Waals surface area contributed by atoms with Crippen LogP contribution >= 0.6 is 0 Å². The van der Waals surface area contributed by atoms with Crippen molar-refractivity contribution in [3.63, 3.8) is 0 Å². The molecule has 1 aliphatic rings. The number of nitrogens with zero attached hydrogens (tertiary/aromatic N) is 1. The average Bonchev–Trinajstić information content (AvgIpc) is 2.42. The third kappa shape index (κ3) is 3.33. The molecule has 0 heterocycles. The lowest BCUT2D eigenvalue weighted by molar-refractivity contribution is 0.0168. The average molecular weight is 243 g/mol. The summed E-state index contributed by atoms with van der Waals surface area (Å²) in [6.07, 6.45) is 4.38. The van der Waals surface area contributed by atoms with Gasteiger partial charge in [0.25, 0.3) is 0 Å². The Morgan fingerprint density at radius 2 is 1.89 bits per heavy atom. The van der Waals surface area contributed by atoms with Crippen LogP contribution in [0.15, 0.2) is 30.3 Å². The molecule has 0 saturated heterocycles. The molecule has 0 amide bonds. The number of hydrogen-bond acceptors (Lipinski definition) is 3.